The summed E-state index contributed by atoms with van der Waals surface area (Å²) in [4.78, 5) is 56.7. The first-order chi connectivity index (χ1) is 37.0. The van der Waals surface area contributed by atoms with E-state index in [1.54, 1.807) is 36.5 Å². The molecule has 15 nitrogen and oxygen atoms in total. The Morgan fingerprint density at radius 2 is 0.961 bits per heavy atom. The van der Waals surface area contributed by atoms with Gasteiger partial charge in [0.05, 0.1) is 6.61 Å². The zero-order chi connectivity index (χ0) is 55.6. The van der Waals surface area contributed by atoms with Gasteiger partial charge in [-0.05, 0) is 183 Å². The van der Waals surface area contributed by atoms with Crippen molar-refractivity contribution in [3.05, 3.63) is 173 Å². The monoisotopic (exact) mass is 1790 g/mol. The zero-order valence-corrected chi connectivity index (χ0v) is 58.6. The Morgan fingerprint density at radius 3 is 1.36 bits per heavy atom. The zero-order valence-electron chi connectivity index (χ0n) is 43.9. The summed E-state index contributed by atoms with van der Waals surface area (Å²) in [6.45, 7) is 12.2. The average molecular weight is 1790 g/mol. The van der Waals surface area contributed by atoms with Crippen LogP contribution in [0.1, 0.15) is 93.4 Å². The summed E-state index contributed by atoms with van der Waals surface area (Å²) >= 11 is 12.8. The fraction of sp³-hybridized carbons (Fsp3) is 0.327. The van der Waals surface area contributed by atoms with Gasteiger partial charge in [-0.15, -0.1) is 24.0 Å². The predicted molar refractivity (Wildman–Crippen MR) is 358 cm³/mol. The van der Waals surface area contributed by atoms with Crippen LogP contribution in [-0.2, 0) is 14.3 Å². The van der Waals surface area contributed by atoms with Crippen molar-refractivity contribution in [2.45, 2.75) is 98.8 Å². The number of hydrogen-bond donors (Lipinski definition) is 3. The van der Waals surface area contributed by atoms with Gasteiger partial charge < -0.3 is 19.9 Å². The van der Waals surface area contributed by atoms with E-state index in [0.717, 1.165) is 110 Å². The molecule has 0 aliphatic rings. The molecule has 0 radical (unpaired) electrons. The van der Waals surface area contributed by atoms with Crippen LogP contribution in [-0.4, -0.2) is 71.7 Å². The summed E-state index contributed by atoms with van der Waals surface area (Å²) in [5, 5.41) is 11.6. The molecule has 7 aromatic rings. The number of ether oxygens (including phenoxy) is 1. The molecule has 0 fully saturated rings. The number of esters is 1. The molecule has 1 amide bonds. The van der Waals surface area contributed by atoms with Crippen molar-refractivity contribution in [2.75, 3.05) is 34.8 Å². The number of hydroxylamine groups is 1. The van der Waals surface area contributed by atoms with E-state index < -0.39 is 0 Å². The molecule has 0 saturated heterocycles. The number of hydrogen-bond acceptors (Lipinski definition) is 14. The van der Waals surface area contributed by atoms with Crippen molar-refractivity contribution in [1.82, 2.24) is 40.4 Å². The molecular formula is C55H69BrI6N11O4-. The number of nitrogens with one attached hydrogen (secondary N) is 2. The number of anilines is 6. The van der Waals surface area contributed by atoms with Gasteiger partial charge in [-0.1, -0.05) is 43.9 Å². The topological polar surface area (TPSA) is 184 Å². The molecule has 7 heterocycles. The molecule has 0 atom stereocenters. The molecule has 0 aliphatic heterocycles. The third kappa shape index (κ3) is 34.2. The van der Waals surface area contributed by atoms with Gasteiger partial charge in [-0.3, -0.25) is 14.8 Å². The van der Waals surface area contributed by atoms with Crippen molar-refractivity contribution in [2.24, 2.45) is 0 Å². The maximum absolute atomic E-state index is 11.3. The van der Waals surface area contributed by atoms with E-state index >= 15 is 0 Å². The first-order valence-corrected chi connectivity index (χ1v) is 44.1. The number of halogens is 7. The Bertz CT molecular complexity index is 2590. The summed E-state index contributed by atoms with van der Waals surface area (Å²) < 4.78 is 5.85. The van der Waals surface area contributed by atoms with Gasteiger partial charge in [0.1, 0.15) is 39.5 Å². The minimum absolute atomic E-state index is 0. The van der Waals surface area contributed by atoms with E-state index in [2.05, 4.69) is 159 Å². The van der Waals surface area contributed by atoms with Gasteiger partial charge in [0.15, 0.2) is 0 Å². The van der Waals surface area contributed by atoms with Crippen molar-refractivity contribution in [1.29, 1.82) is 0 Å². The number of rotatable bonds is 21. The van der Waals surface area contributed by atoms with Crippen LogP contribution in [0.2, 0.25) is 0 Å². The molecule has 7 rings (SSSR count). The van der Waals surface area contributed by atoms with E-state index in [9.17, 15) is 9.59 Å². The van der Waals surface area contributed by atoms with Crippen molar-refractivity contribution in [3.8, 4) is 0 Å². The second-order valence-electron chi connectivity index (χ2n) is 16.5. The number of aryl methyl sites for hydroxylation is 4. The molecule has 77 heavy (non-hydrogen) atoms. The first-order valence-electron chi connectivity index (χ1n) is 24.5. The number of pyridine rings is 7. The van der Waals surface area contributed by atoms with Gasteiger partial charge in [-0.2, -0.15) is 0 Å². The van der Waals surface area contributed by atoms with Crippen LogP contribution in [0.25, 0.3) is 0 Å². The number of unbranched alkanes of at least 4 members (excludes halogenated alkanes) is 6. The fourth-order valence-electron chi connectivity index (χ4n) is 6.82. The van der Waals surface area contributed by atoms with E-state index in [0.29, 0.717) is 32.7 Å². The standard InChI is InChI=1S/C20H27N3O2.C18H24N4O2.C11H11N3.C6H6BrN.I3.I2.HI/c1-3-25-20(24)11-6-4-5-9-15-23(18-10-7-8-13-21-18)19-16-17(2)12-14-22-19;1-15-10-12-20-17(14-15)22(16-8-5-6-11-19-16)13-7-3-2-4-9-18(23)21-24;1-9-5-7-13-11(8-9)14-10-4-2-3-6-12-10;1-5-2-3-8-6(7)4-5;1-3-2;1-2;/h7-8,10,12-14,16H,3-6,9,11,15H2,1-2H3;5-6,8,10-12,14,24H,2-4,7,9,13H2,1H3,(H,21,23);2-8H,1H3,(H,12,13,14);2-4H,1H3;;;1H/q;;;;-1;;. The molecule has 7 aromatic heterocycles. The summed E-state index contributed by atoms with van der Waals surface area (Å²) in [7, 11) is 0. The van der Waals surface area contributed by atoms with E-state index in [4.69, 9.17) is 9.94 Å². The van der Waals surface area contributed by atoms with E-state index in [1.807, 2.05) is 131 Å². The third-order valence-corrected chi connectivity index (χ3v) is 10.8. The van der Waals surface area contributed by atoms with Gasteiger partial charge in [-0.25, -0.2) is 40.4 Å². The number of carbonyl (C=O) groups excluding carboxylic acids is 2. The van der Waals surface area contributed by atoms with Crippen molar-refractivity contribution >= 4 is 161 Å². The quantitative estimate of drug-likeness (QED) is 0.0154. The maximum atomic E-state index is 11.3. The van der Waals surface area contributed by atoms with E-state index in [-0.39, 0.29) is 35.9 Å². The van der Waals surface area contributed by atoms with Crippen LogP contribution in [0.15, 0.2) is 151 Å². The molecule has 418 valence electrons. The van der Waals surface area contributed by atoms with E-state index in [1.165, 1.54) is 16.7 Å². The van der Waals surface area contributed by atoms with Crippen LogP contribution in [0.4, 0.5) is 34.9 Å². The number of nitrogens with zero attached hydrogens (tertiary/aromatic N) is 9. The Balaban J connectivity index is 0.000000526. The Hall–Kier alpha value is -2.79. The number of carbonyl (C=O) groups is 2. The summed E-state index contributed by atoms with van der Waals surface area (Å²) in [6.07, 6.45) is 21.1. The molecule has 0 unspecified atom stereocenters. The van der Waals surface area contributed by atoms with Gasteiger partial charge in [0.25, 0.3) is 0 Å². The second-order valence-corrected chi connectivity index (χ2v) is 33.6. The molecular weight excluding hydrogens is 1720 g/mol. The molecule has 0 aromatic carbocycles. The molecule has 22 heteroatoms. The second kappa shape index (κ2) is 46.9. The molecule has 0 spiro atoms. The number of aromatic nitrogens is 7. The predicted octanol–water partition coefficient (Wildman–Crippen LogP) is 13.7. The van der Waals surface area contributed by atoms with Crippen molar-refractivity contribution < 1.29 is 32.8 Å². The van der Waals surface area contributed by atoms with Crippen LogP contribution in [0.5, 0.6) is 0 Å². The van der Waals surface area contributed by atoms with Crippen LogP contribution in [0.3, 0.4) is 0 Å². The van der Waals surface area contributed by atoms with Gasteiger partial charge in [0, 0.05) is 107 Å². The summed E-state index contributed by atoms with van der Waals surface area (Å²) in [5.74, 6) is 4.82. The molecule has 3 N–H and O–H groups in total. The SMILES string of the molecule is CCOC(=O)CCCCCCN(c1ccccn1)c1cc(C)ccn1.Cc1ccnc(Br)c1.Cc1ccnc(N(CCCCCCC(=O)NO)c2ccccn2)c1.Cc1ccnc(Nc2ccccn2)c1.I.II.I[I-]I. The van der Waals surface area contributed by atoms with Crippen molar-refractivity contribution in [3.63, 3.8) is 0 Å². The summed E-state index contributed by atoms with van der Waals surface area (Å²) in [5.41, 5.74) is 6.41. The Morgan fingerprint density at radius 1 is 0.545 bits per heavy atom. The minimum atomic E-state index is -0.325. The van der Waals surface area contributed by atoms with Gasteiger partial charge in [0.2, 0.25) is 5.91 Å². The summed E-state index contributed by atoms with van der Waals surface area (Å²) in [6, 6.07) is 33.5. The third-order valence-electron chi connectivity index (χ3n) is 10.4. The van der Waals surface area contributed by atoms with Crippen LogP contribution >= 0.6 is 114 Å². The van der Waals surface area contributed by atoms with Crippen LogP contribution < -0.4 is 33.9 Å². The normalized spacial score (nSPS) is 9.75. The molecule has 0 saturated carbocycles. The molecule has 0 bridgehead atoms. The number of amides is 1. The van der Waals surface area contributed by atoms with Gasteiger partial charge >= 0.3 is 56.5 Å². The van der Waals surface area contributed by atoms with Crippen LogP contribution in [0, 0.1) is 27.7 Å². The Kier molecular flexibility index (Phi) is 44.0. The fourth-order valence-corrected chi connectivity index (χ4v) is 7.30. The molecule has 0 aliphatic carbocycles. The average Bonchev–Trinajstić information content (AvgIpc) is 3.42. The first kappa shape index (κ1) is 72.2. The Labute approximate surface area is 534 Å².